The average molecular weight is 391 g/mol. The maximum absolute atomic E-state index is 12.4. The van der Waals surface area contributed by atoms with E-state index in [9.17, 15) is 4.79 Å². The third-order valence-electron chi connectivity index (χ3n) is 4.46. The molecule has 0 atom stereocenters. The Balaban J connectivity index is 1.57. The Bertz CT molecular complexity index is 1170. The molecule has 5 nitrogen and oxygen atoms in total. The van der Waals surface area contributed by atoms with Crippen molar-refractivity contribution in [3.8, 4) is 11.4 Å². The van der Waals surface area contributed by atoms with Gasteiger partial charge < -0.3 is 10.3 Å². The number of fused-ring (bicyclic) bond motifs is 1. The van der Waals surface area contributed by atoms with Gasteiger partial charge in [0.1, 0.15) is 5.82 Å². The summed E-state index contributed by atoms with van der Waals surface area (Å²) in [6.07, 6.45) is 2.09. The molecule has 0 aliphatic rings. The number of nitrogens with zero attached hydrogens (tertiary/aromatic N) is 2. The predicted molar refractivity (Wildman–Crippen MR) is 113 cm³/mol. The van der Waals surface area contributed by atoms with Gasteiger partial charge >= 0.3 is 0 Å². The number of carbonyl (C=O) groups is 1. The van der Waals surface area contributed by atoms with Gasteiger partial charge in [0.25, 0.3) is 0 Å². The Morgan fingerprint density at radius 1 is 1.07 bits per heavy atom. The van der Waals surface area contributed by atoms with Crippen LogP contribution in [0.3, 0.4) is 0 Å². The molecule has 0 radical (unpaired) electrons. The zero-order valence-electron chi connectivity index (χ0n) is 15.6. The zero-order chi connectivity index (χ0) is 19.7. The van der Waals surface area contributed by atoms with Crippen LogP contribution in [0.5, 0.6) is 0 Å². The molecule has 4 aromatic rings. The number of anilines is 1. The van der Waals surface area contributed by atoms with Crippen molar-refractivity contribution in [2.24, 2.45) is 0 Å². The van der Waals surface area contributed by atoms with E-state index >= 15 is 0 Å². The average Bonchev–Trinajstić information content (AvgIpc) is 3.08. The minimum Gasteiger partial charge on any atom is -0.337 e. The minimum absolute atomic E-state index is 0.0842. The second-order valence-electron chi connectivity index (χ2n) is 6.87. The van der Waals surface area contributed by atoms with Crippen LogP contribution in [-0.4, -0.2) is 20.9 Å². The van der Waals surface area contributed by atoms with Crippen molar-refractivity contribution in [3.05, 3.63) is 76.4 Å². The summed E-state index contributed by atoms with van der Waals surface area (Å²) in [4.78, 5) is 24.5. The number of aromatic nitrogens is 3. The van der Waals surface area contributed by atoms with Crippen LogP contribution in [0.15, 0.2) is 54.7 Å². The van der Waals surface area contributed by atoms with Crippen molar-refractivity contribution in [1.82, 2.24) is 15.0 Å². The highest BCUT2D eigenvalue weighted by Gasteiger charge is 2.12. The zero-order valence-corrected chi connectivity index (χ0v) is 16.3. The summed E-state index contributed by atoms with van der Waals surface area (Å²) >= 11 is 6.38. The highest BCUT2D eigenvalue weighted by Crippen LogP contribution is 2.30. The molecule has 0 aliphatic heterocycles. The molecule has 0 saturated carbocycles. The van der Waals surface area contributed by atoms with Gasteiger partial charge in [0.2, 0.25) is 5.91 Å². The van der Waals surface area contributed by atoms with E-state index in [0.29, 0.717) is 34.2 Å². The van der Waals surface area contributed by atoms with Crippen LogP contribution in [0.4, 0.5) is 5.69 Å². The third-order valence-corrected chi connectivity index (χ3v) is 4.79. The van der Waals surface area contributed by atoms with Crippen LogP contribution < -0.4 is 5.32 Å². The van der Waals surface area contributed by atoms with Crippen molar-refractivity contribution < 1.29 is 4.79 Å². The van der Waals surface area contributed by atoms with Crippen LogP contribution in [-0.2, 0) is 11.2 Å². The lowest BCUT2D eigenvalue weighted by Gasteiger charge is -2.08. The van der Waals surface area contributed by atoms with E-state index < -0.39 is 0 Å². The molecule has 1 amide bonds. The van der Waals surface area contributed by atoms with Crippen LogP contribution in [0.2, 0.25) is 5.02 Å². The summed E-state index contributed by atoms with van der Waals surface area (Å²) < 4.78 is 0. The first-order chi connectivity index (χ1) is 13.5. The smallest absolute Gasteiger partial charge is 0.228 e. The van der Waals surface area contributed by atoms with Crippen LogP contribution in [0, 0.1) is 13.8 Å². The lowest BCUT2D eigenvalue weighted by atomic mass is 10.1. The molecule has 6 heteroatoms. The van der Waals surface area contributed by atoms with Crippen molar-refractivity contribution in [1.29, 1.82) is 0 Å². The predicted octanol–water partition coefficient (Wildman–Crippen LogP) is 5.08. The first kappa shape index (κ1) is 18.2. The molecule has 2 aromatic heterocycles. The molecule has 0 bridgehead atoms. The van der Waals surface area contributed by atoms with Gasteiger partial charge in [-0.15, -0.1) is 0 Å². The third kappa shape index (κ3) is 3.89. The van der Waals surface area contributed by atoms with Crippen molar-refractivity contribution in [2.45, 2.75) is 20.3 Å². The molecule has 140 valence electrons. The normalized spacial score (nSPS) is 11.0. The van der Waals surface area contributed by atoms with E-state index in [4.69, 9.17) is 11.6 Å². The maximum atomic E-state index is 12.4. The Kier molecular flexibility index (Phi) is 4.84. The Hall–Kier alpha value is -3.18. The Labute approximate surface area is 167 Å². The molecule has 0 aliphatic carbocycles. The topological polar surface area (TPSA) is 70.7 Å². The first-order valence-corrected chi connectivity index (χ1v) is 9.33. The van der Waals surface area contributed by atoms with Gasteiger partial charge in [-0.2, -0.15) is 0 Å². The molecule has 0 fully saturated rings. The molecule has 2 N–H and O–H groups in total. The van der Waals surface area contributed by atoms with Gasteiger partial charge in [0.15, 0.2) is 5.65 Å². The number of rotatable bonds is 4. The van der Waals surface area contributed by atoms with Crippen molar-refractivity contribution >= 4 is 34.4 Å². The molecule has 0 saturated heterocycles. The number of benzene rings is 2. The van der Waals surface area contributed by atoms with Crippen LogP contribution in [0.1, 0.15) is 16.7 Å². The van der Waals surface area contributed by atoms with E-state index in [1.807, 2.05) is 50.2 Å². The fraction of sp³-hybridized carbons (Fsp3) is 0.136. The lowest BCUT2D eigenvalue weighted by Crippen LogP contribution is -2.14. The monoisotopic (exact) mass is 390 g/mol. The number of hydrogen-bond donors (Lipinski definition) is 2. The Morgan fingerprint density at radius 2 is 1.86 bits per heavy atom. The number of amides is 1. The number of hydrogen-bond acceptors (Lipinski definition) is 3. The van der Waals surface area contributed by atoms with E-state index in [1.165, 1.54) is 5.56 Å². The number of nitrogens with one attached hydrogen (secondary N) is 2. The van der Waals surface area contributed by atoms with Gasteiger partial charge in [-0.25, -0.2) is 9.97 Å². The van der Waals surface area contributed by atoms with E-state index in [-0.39, 0.29) is 5.91 Å². The fourth-order valence-electron chi connectivity index (χ4n) is 3.01. The van der Waals surface area contributed by atoms with E-state index in [1.54, 1.807) is 18.3 Å². The van der Waals surface area contributed by atoms with Crippen molar-refractivity contribution in [3.63, 3.8) is 0 Å². The molecule has 2 aromatic carbocycles. The first-order valence-electron chi connectivity index (χ1n) is 8.95. The SMILES string of the molecule is Cc1ccc(CC(=O)Nc2ccc(Cl)c(-c3nc4ncc(C)cc4[nH]3)c2)cc1. The summed E-state index contributed by atoms with van der Waals surface area (Å²) in [6.45, 7) is 4.00. The number of imidazole rings is 1. The molecule has 4 rings (SSSR count). The van der Waals surface area contributed by atoms with Gasteiger partial charge in [-0.3, -0.25) is 4.79 Å². The van der Waals surface area contributed by atoms with E-state index in [2.05, 4.69) is 20.3 Å². The van der Waals surface area contributed by atoms with Gasteiger partial charge in [-0.05, 0) is 49.2 Å². The second-order valence-corrected chi connectivity index (χ2v) is 7.28. The number of pyridine rings is 1. The van der Waals surface area contributed by atoms with Crippen LogP contribution in [0.25, 0.3) is 22.6 Å². The van der Waals surface area contributed by atoms with Crippen LogP contribution >= 0.6 is 11.6 Å². The molecule has 0 spiro atoms. The van der Waals surface area contributed by atoms with E-state index in [0.717, 1.165) is 16.6 Å². The summed E-state index contributed by atoms with van der Waals surface area (Å²) in [7, 11) is 0. The number of aromatic amines is 1. The summed E-state index contributed by atoms with van der Waals surface area (Å²) in [6, 6.07) is 15.3. The fourth-order valence-corrected chi connectivity index (χ4v) is 3.22. The largest absolute Gasteiger partial charge is 0.337 e. The second kappa shape index (κ2) is 7.44. The Morgan fingerprint density at radius 3 is 2.64 bits per heavy atom. The van der Waals surface area contributed by atoms with Gasteiger partial charge in [0, 0.05) is 17.4 Å². The number of aryl methyl sites for hydroxylation is 2. The lowest BCUT2D eigenvalue weighted by molar-refractivity contribution is -0.115. The van der Waals surface area contributed by atoms with Crippen molar-refractivity contribution in [2.75, 3.05) is 5.32 Å². The quantitative estimate of drug-likeness (QED) is 0.510. The maximum Gasteiger partial charge on any atom is 0.228 e. The molecule has 28 heavy (non-hydrogen) atoms. The number of carbonyl (C=O) groups excluding carboxylic acids is 1. The summed E-state index contributed by atoms with van der Waals surface area (Å²) in [5.74, 6) is 0.534. The molecular weight excluding hydrogens is 372 g/mol. The summed E-state index contributed by atoms with van der Waals surface area (Å²) in [5, 5.41) is 3.48. The highest BCUT2D eigenvalue weighted by molar-refractivity contribution is 6.33. The molecular formula is C22H19ClN4O. The highest BCUT2D eigenvalue weighted by atomic mass is 35.5. The van der Waals surface area contributed by atoms with Gasteiger partial charge in [0.05, 0.1) is 17.0 Å². The van der Waals surface area contributed by atoms with Gasteiger partial charge in [-0.1, -0.05) is 41.4 Å². The molecule has 0 unspecified atom stereocenters. The number of halogens is 1. The standard InChI is InChI=1S/C22H19ClN4O/c1-13-3-5-15(6-4-13)10-20(28)25-16-7-8-18(23)17(11-16)21-26-19-9-14(2)12-24-22(19)27-21/h3-9,11-12H,10H2,1-2H3,(H,25,28)(H,24,26,27). The summed E-state index contributed by atoms with van der Waals surface area (Å²) in [5.41, 5.74) is 6.04. The number of H-pyrrole nitrogens is 1. The minimum atomic E-state index is -0.0842. The molecule has 2 heterocycles.